The first-order chi connectivity index (χ1) is 23.2. The summed E-state index contributed by atoms with van der Waals surface area (Å²) in [5.74, 6) is 0.505. The molecule has 0 spiro atoms. The van der Waals surface area contributed by atoms with Crippen LogP contribution in [-0.2, 0) is 9.53 Å². The van der Waals surface area contributed by atoms with Crippen LogP contribution in [0, 0.1) is 13.8 Å². The molecule has 0 bridgehead atoms. The number of rotatable bonds is 9. The second kappa shape index (κ2) is 13.8. The predicted octanol–water partition coefficient (Wildman–Crippen LogP) is 7.04. The van der Waals surface area contributed by atoms with E-state index in [1.807, 2.05) is 31.2 Å². The van der Waals surface area contributed by atoms with E-state index in [2.05, 4.69) is 76.8 Å². The van der Waals surface area contributed by atoms with Gasteiger partial charge in [0.2, 0.25) is 0 Å². The van der Waals surface area contributed by atoms with Gasteiger partial charge in [0.25, 0.3) is 5.56 Å². The molecule has 0 unspecified atom stereocenters. The number of fused-ring (bicyclic) bond motifs is 1. The third-order valence-electron chi connectivity index (χ3n) is 8.38. The molecule has 1 aliphatic heterocycles. The molecule has 6 rings (SSSR count). The topological polar surface area (TPSA) is 84.1 Å². The minimum absolute atomic E-state index is 0.186. The lowest BCUT2D eigenvalue weighted by Crippen LogP contribution is -2.40. The van der Waals surface area contributed by atoms with Crippen molar-refractivity contribution >= 4 is 39.3 Å². The number of thiazole rings is 1. The highest BCUT2D eigenvalue weighted by Gasteiger charge is 2.35. The van der Waals surface area contributed by atoms with Gasteiger partial charge >= 0.3 is 5.97 Å². The van der Waals surface area contributed by atoms with E-state index in [-0.39, 0.29) is 12.2 Å². The number of hydrogen-bond donors (Lipinski definition) is 0. The summed E-state index contributed by atoms with van der Waals surface area (Å²) in [6, 6.07) is 23.6. The number of carbonyl (C=O) groups is 1. The van der Waals surface area contributed by atoms with E-state index in [1.54, 1.807) is 37.7 Å². The van der Waals surface area contributed by atoms with Crippen molar-refractivity contribution in [2.45, 2.75) is 40.7 Å². The second-order valence-corrected chi connectivity index (χ2v) is 13.2. The summed E-state index contributed by atoms with van der Waals surface area (Å²) >= 11 is 4.98. The Hall–Kier alpha value is -4.67. The van der Waals surface area contributed by atoms with Gasteiger partial charge in [-0.25, -0.2) is 9.79 Å². The van der Waals surface area contributed by atoms with E-state index in [0.29, 0.717) is 48.7 Å². The van der Waals surface area contributed by atoms with Gasteiger partial charge in [-0.3, -0.25) is 9.36 Å². The van der Waals surface area contributed by atoms with Gasteiger partial charge in [-0.05, 0) is 93.3 Å². The van der Waals surface area contributed by atoms with Crippen LogP contribution in [0.15, 0.2) is 98.3 Å². The molecule has 0 amide bonds. The first-order valence-electron chi connectivity index (χ1n) is 15.7. The van der Waals surface area contributed by atoms with Crippen LogP contribution >= 0.6 is 27.3 Å². The summed E-state index contributed by atoms with van der Waals surface area (Å²) in [6.45, 7) is 10.2. The van der Waals surface area contributed by atoms with Crippen LogP contribution in [-0.4, -0.2) is 35.4 Å². The highest BCUT2D eigenvalue weighted by atomic mass is 79.9. The fraction of sp³-hybridized carbons (Fsp3) is 0.237. The maximum atomic E-state index is 14.3. The van der Waals surface area contributed by atoms with Crippen molar-refractivity contribution < 1.29 is 19.0 Å². The first-order valence-corrected chi connectivity index (χ1v) is 17.3. The smallest absolute Gasteiger partial charge is 0.338 e. The van der Waals surface area contributed by atoms with Crippen LogP contribution in [0.1, 0.15) is 49.3 Å². The van der Waals surface area contributed by atoms with Gasteiger partial charge in [-0.15, -0.1) is 0 Å². The lowest BCUT2D eigenvalue weighted by atomic mass is 9.95. The molecule has 10 heteroatoms. The van der Waals surface area contributed by atoms with Crippen LogP contribution in [0.3, 0.4) is 0 Å². The predicted molar refractivity (Wildman–Crippen MR) is 193 cm³/mol. The number of ether oxygens (including phenoxy) is 3. The van der Waals surface area contributed by atoms with Crippen LogP contribution < -0.4 is 24.4 Å². The third-order valence-corrected chi connectivity index (χ3v) is 10.1. The number of aromatic nitrogens is 2. The van der Waals surface area contributed by atoms with E-state index < -0.39 is 12.0 Å². The van der Waals surface area contributed by atoms with Crippen LogP contribution in [0.25, 0.3) is 22.9 Å². The zero-order chi connectivity index (χ0) is 34.1. The molecule has 246 valence electrons. The number of halogens is 1. The highest BCUT2D eigenvalue weighted by Crippen LogP contribution is 2.41. The van der Waals surface area contributed by atoms with Crippen molar-refractivity contribution in [1.29, 1.82) is 0 Å². The Bertz CT molecular complexity index is 2230. The third kappa shape index (κ3) is 6.06. The number of aryl methyl sites for hydroxylation is 1. The Morgan fingerprint density at radius 3 is 2.33 bits per heavy atom. The van der Waals surface area contributed by atoms with Gasteiger partial charge in [0.1, 0.15) is 0 Å². The largest absolute Gasteiger partial charge is 0.493 e. The van der Waals surface area contributed by atoms with Crippen LogP contribution in [0.2, 0.25) is 0 Å². The van der Waals surface area contributed by atoms with Crippen molar-refractivity contribution in [2.75, 3.05) is 20.3 Å². The molecule has 3 heterocycles. The van der Waals surface area contributed by atoms with E-state index >= 15 is 0 Å². The number of benzene rings is 3. The maximum absolute atomic E-state index is 14.3. The fourth-order valence-corrected chi connectivity index (χ4v) is 7.76. The number of esters is 1. The van der Waals surface area contributed by atoms with Gasteiger partial charge in [-0.2, -0.15) is 0 Å². The Morgan fingerprint density at radius 2 is 1.67 bits per heavy atom. The summed E-state index contributed by atoms with van der Waals surface area (Å²) in [4.78, 5) is 33.0. The molecule has 0 fully saturated rings. The normalized spacial score (nSPS) is 14.5. The van der Waals surface area contributed by atoms with Crippen LogP contribution in [0.5, 0.6) is 11.5 Å². The minimum Gasteiger partial charge on any atom is -0.493 e. The van der Waals surface area contributed by atoms with Crippen molar-refractivity contribution in [1.82, 2.24) is 9.13 Å². The van der Waals surface area contributed by atoms with E-state index in [0.717, 1.165) is 33.8 Å². The number of hydrogen-bond acceptors (Lipinski definition) is 7. The molecule has 0 saturated heterocycles. The number of nitrogens with zero attached hydrogens (tertiary/aromatic N) is 3. The van der Waals surface area contributed by atoms with Crippen molar-refractivity contribution in [3.63, 3.8) is 0 Å². The molecule has 0 aliphatic carbocycles. The molecule has 0 saturated carbocycles. The maximum Gasteiger partial charge on any atom is 0.338 e. The molecular formula is C38H36BrN3O5S. The lowest BCUT2D eigenvalue weighted by Gasteiger charge is -2.26. The fourth-order valence-electron chi connectivity index (χ4n) is 6.18. The highest BCUT2D eigenvalue weighted by molar-refractivity contribution is 9.10. The number of methoxy groups -OCH3 is 1. The standard InChI is InChI=1S/C38H36BrN3O5S/c1-7-46-32-21-30(39)29(20-31(32)45-6)35-34(37(44)47-8-2)23(4)40-38-42(35)36(43)33(48-38)19-27-18-22(3)41(24(27)5)28-16-14-26(15-17-28)25-12-10-9-11-13-25/h9-21,35H,7-8H2,1-6H3/b33-19+/t35-/m0/s1. The molecule has 1 aliphatic rings. The van der Waals surface area contributed by atoms with E-state index in [4.69, 9.17) is 19.2 Å². The average molecular weight is 727 g/mol. The summed E-state index contributed by atoms with van der Waals surface area (Å²) < 4.78 is 21.8. The molecule has 48 heavy (non-hydrogen) atoms. The molecule has 8 nitrogen and oxygen atoms in total. The number of carbonyl (C=O) groups excluding carboxylic acids is 1. The summed E-state index contributed by atoms with van der Waals surface area (Å²) in [5, 5.41) is 0. The molecular weight excluding hydrogens is 690 g/mol. The monoisotopic (exact) mass is 725 g/mol. The molecule has 5 aromatic rings. The molecule has 3 aromatic carbocycles. The first kappa shape index (κ1) is 33.2. The molecule has 0 N–H and O–H groups in total. The van der Waals surface area contributed by atoms with Gasteiger partial charge in [-0.1, -0.05) is 69.7 Å². The summed E-state index contributed by atoms with van der Waals surface area (Å²) in [7, 11) is 1.56. The zero-order valence-electron chi connectivity index (χ0n) is 27.7. The average Bonchev–Trinajstić information content (AvgIpc) is 3.54. The van der Waals surface area contributed by atoms with E-state index in [9.17, 15) is 9.59 Å². The van der Waals surface area contributed by atoms with Gasteiger partial charge in [0, 0.05) is 21.5 Å². The van der Waals surface area contributed by atoms with Crippen LogP contribution in [0.4, 0.5) is 0 Å². The van der Waals surface area contributed by atoms with Gasteiger partial charge in [0.05, 0.1) is 42.2 Å². The Kier molecular flexibility index (Phi) is 9.57. The van der Waals surface area contributed by atoms with Gasteiger partial charge < -0.3 is 18.8 Å². The molecule has 2 aromatic heterocycles. The van der Waals surface area contributed by atoms with Crippen molar-refractivity contribution in [2.24, 2.45) is 4.99 Å². The minimum atomic E-state index is -0.808. The lowest BCUT2D eigenvalue weighted by molar-refractivity contribution is -0.139. The van der Waals surface area contributed by atoms with Crippen molar-refractivity contribution in [3.05, 3.63) is 131 Å². The van der Waals surface area contributed by atoms with E-state index in [1.165, 1.54) is 11.3 Å². The Balaban J connectivity index is 1.47. The summed E-state index contributed by atoms with van der Waals surface area (Å²) in [5.41, 5.74) is 7.49. The SMILES string of the molecule is CCOC(=O)C1=C(C)N=c2s/c(=C/c3cc(C)n(-c4ccc(-c5ccccc5)cc4)c3C)c(=O)n2[C@H]1c1cc(OC)c(OCC)cc1Br. The summed E-state index contributed by atoms with van der Waals surface area (Å²) in [6.07, 6.45) is 1.91. The molecule has 1 atom stereocenters. The quantitative estimate of drug-likeness (QED) is 0.152. The molecule has 0 radical (unpaired) electrons. The zero-order valence-corrected chi connectivity index (χ0v) is 30.1. The number of allylic oxidation sites excluding steroid dienone is 1. The van der Waals surface area contributed by atoms with Crippen molar-refractivity contribution in [3.8, 4) is 28.3 Å². The Labute approximate surface area is 291 Å². The Morgan fingerprint density at radius 1 is 0.958 bits per heavy atom. The second-order valence-electron chi connectivity index (χ2n) is 11.3. The van der Waals surface area contributed by atoms with Gasteiger partial charge in [0.15, 0.2) is 16.3 Å².